The summed E-state index contributed by atoms with van der Waals surface area (Å²) in [6.07, 6.45) is 1.62. The van der Waals surface area contributed by atoms with Gasteiger partial charge in [-0.3, -0.25) is 9.59 Å². The maximum atomic E-state index is 11.9. The minimum absolute atomic E-state index is 0.341. The molecule has 22 heavy (non-hydrogen) atoms. The zero-order chi connectivity index (χ0) is 16.1. The standard InChI is InChI=1S/C16H18N4O2/c1-11-7-8-14(17-10-11)19-16(22)15(21)18-12-5-4-6-13(9-12)20(2)3/h4-10H,1-3H3,(H,18,21)(H,17,19,22). The van der Waals surface area contributed by atoms with Gasteiger partial charge in [-0.2, -0.15) is 0 Å². The van der Waals surface area contributed by atoms with Gasteiger partial charge < -0.3 is 15.5 Å². The van der Waals surface area contributed by atoms with Crippen LogP contribution in [0.25, 0.3) is 0 Å². The van der Waals surface area contributed by atoms with Crippen LogP contribution in [0.5, 0.6) is 0 Å². The topological polar surface area (TPSA) is 74.3 Å². The quantitative estimate of drug-likeness (QED) is 0.850. The number of amides is 2. The lowest BCUT2D eigenvalue weighted by molar-refractivity contribution is -0.133. The third kappa shape index (κ3) is 4.05. The molecule has 114 valence electrons. The van der Waals surface area contributed by atoms with Gasteiger partial charge in [-0.05, 0) is 36.8 Å². The van der Waals surface area contributed by atoms with Crippen molar-refractivity contribution in [2.75, 3.05) is 29.6 Å². The molecule has 0 saturated heterocycles. The van der Waals surface area contributed by atoms with Gasteiger partial charge in [-0.15, -0.1) is 0 Å². The number of carbonyl (C=O) groups excluding carboxylic acids is 2. The lowest BCUT2D eigenvalue weighted by atomic mass is 10.2. The number of hydrogen-bond acceptors (Lipinski definition) is 4. The van der Waals surface area contributed by atoms with Crippen molar-refractivity contribution >= 4 is 29.0 Å². The van der Waals surface area contributed by atoms with Gasteiger partial charge in [0, 0.05) is 31.7 Å². The molecule has 0 aliphatic rings. The van der Waals surface area contributed by atoms with Crippen LogP contribution in [0.2, 0.25) is 0 Å². The molecule has 0 fully saturated rings. The highest BCUT2D eigenvalue weighted by atomic mass is 16.2. The van der Waals surface area contributed by atoms with E-state index in [-0.39, 0.29) is 0 Å². The molecule has 0 aliphatic heterocycles. The van der Waals surface area contributed by atoms with Crippen molar-refractivity contribution in [3.8, 4) is 0 Å². The van der Waals surface area contributed by atoms with Crippen LogP contribution in [0.4, 0.5) is 17.2 Å². The molecule has 1 aromatic heterocycles. The van der Waals surface area contributed by atoms with E-state index in [0.29, 0.717) is 11.5 Å². The maximum absolute atomic E-state index is 11.9. The molecule has 2 aromatic rings. The van der Waals surface area contributed by atoms with Gasteiger partial charge >= 0.3 is 11.8 Å². The SMILES string of the molecule is Cc1ccc(NC(=O)C(=O)Nc2cccc(N(C)C)c2)nc1. The lowest BCUT2D eigenvalue weighted by Gasteiger charge is -2.13. The average molecular weight is 298 g/mol. The first kappa shape index (κ1) is 15.5. The molecule has 2 rings (SSSR count). The van der Waals surface area contributed by atoms with Crippen molar-refractivity contribution in [2.45, 2.75) is 6.92 Å². The number of rotatable bonds is 3. The fourth-order valence-corrected chi connectivity index (χ4v) is 1.76. The predicted octanol–water partition coefficient (Wildman–Crippen LogP) is 2.03. The Balaban J connectivity index is 2.00. The van der Waals surface area contributed by atoms with Gasteiger partial charge in [0.2, 0.25) is 0 Å². The van der Waals surface area contributed by atoms with Crippen LogP contribution in [-0.4, -0.2) is 30.9 Å². The highest BCUT2D eigenvalue weighted by Gasteiger charge is 2.14. The number of carbonyl (C=O) groups is 2. The Morgan fingerprint density at radius 1 is 1.05 bits per heavy atom. The zero-order valence-corrected chi connectivity index (χ0v) is 12.8. The molecule has 0 radical (unpaired) electrons. The minimum Gasteiger partial charge on any atom is -0.378 e. The number of hydrogen-bond donors (Lipinski definition) is 2. The first-order chi connectivity index (χ1) is 10.5. The van der Waals surface area contributed by atoms with E-state index in [1.54, 1.807) is 30.5 Å². The summed E-state index contributed by atoms with van der Waals surface area (Å²) in [6, 6.07) is 10.7. The summed E-state index contributed by atoms with van der Waals surface area (Å²) >= 11 is 0. The number of aryl methyl sites for hydroxylation is 1. The number of benzene rings is 1. The molecular weight excluding hydrogens is 280 g/mol. The summed E-state index contributed by atoms with van der Waals surface area (Å²) < 4.78 is 0. The van der Waals surface area contributed by atoms with E-state index in [0.717, 1.165) is 11.3 Å². The average Bonchev–Trinajstić information content (AvgIpc) is 2.49. The highest BCUT2D eigenvalue weighted by Crippen LogP contribution is 2.17. The van der Waals surface area contributed by atoms with E-state index >= 15 is 0 Å². The number of pyridine rings is 1. The fourth-order valence-electron chi connectivity index (χ4n) is 1.76. The molecular formula is C16H18N4O2. The summed E-state index contributed by atoms with van der Waals surface area (Å²) in [6.45, 7) is 1.89. The van der Waals surface area contributed by atoms with Crippen LogP contribution < -0.4 is 15.5 Å². The van der Waals surface area contributed by atoms with Crippen LogP contribution in [0, 0.1) is 6.92 Å². The van der Waals surface area contributed by atoms with Crippen molar-refractivity contribution in [2.24, 2.45) is 0 Å². The van der Waals surface area contributed by atoms with Crippen molar-refractivity contribution in [1.29, 1.82) is 0 Å². The molecule has 1 heterocycles. The molecule has 2 N–H and O–H groups in total. The van der Waals surface area contributed by atoms with Gasteiger partial charge in [0.1, 0.15) is 5.82 Å². The predicted molar refractivity (Wildman–Crippen MR) is 87.0 cm³/mol. The molecule has 6 nitrogen and oxygen atoms in total. The van der Waals surface area contributed by atoms with Gasteiger partial charge in [-0.1, -0.05) is 12.1 Å². The van der Waals surface area contributed by atoms with Crippen molar-refractivity contribution in [3.05, 3.63) is 48.2 Å². The summed E-state index contributed by atoms with van der Waals surface area (Å²) in [5.74, 6) is -1.15. The molecule has 0 atom stereocenters. The van der Waals surface area contributed by atoms with E-state index in [2.05, 4.69) is 15.6 Å². The van der Waals surface area contributed by atoms with Crippen LogP contribution in [-0.2, 0) is 9.59 Å². The number of aromatic nitrogens is 1. The van der Waals surface area contributed by atoms with E-state index in [4.69, 9.17) is 0 Å². The summed E-state index contributed by atoms with van der Waals surface area (Å²) in [7, 11) is 3.80. The Morgan fingerprint density at radius 3 is 2.41 bits per heavy atom. The van der Waals surface area contributed by atoms with Crippen molar-refractivity contribution < 1.29 is 9.59 Å². The van der Waals surface area contributed by atoms with Gasteiger partial charge in [0.05, 0.1) is 0 Å². The second kappa shape index (κ2) is 6.71. The summed E-state index contributed by atoms with van der Waals surface area (Å²) in [5.41, 5.74) is 2.46. The third-order valence-corrected chi connectivity index (χ3v) is 2.98. The van der Waals surface area contributed by atoms with Gasteiger partial charge in [0.25, 0.3) is 0 Å². The number of anilines is 3. The molecule has 0 unspecified atom stereocenters. The molecule has 2 amide bonds. The Bertz CT molecular complexity index is 681. The highest BCUT2D eigenvalue weighted by molar-refractivity contribution is 6.43. The molecule has 1 aromatic carbocycles. The normalized spacial score (nSPS) is 9.95. The van der Waals surface area contributed by atoms with Crippen LogP contribution >= 0.6 is 0 Å². The molecule has 6 heteroatoms. The van der Waals surface area contributed by atoms with E-state index in [1.807, 2.05) is 38.1 Å². The van der Waals surface area contributed by atoms with Crippen LogP contribution in [0.1, 0.15) is 5.56 Å². The van der Waals surface area contributed by atoms with Crippen molar-refractivity contribution in [3.63, 3.8) is 0 Å². The molecule has 0 saturated carbocycles. The minimum atomic E-state index is -0.758. The second-order valence-corrected chi connectivity index (χ2v) is 5.07. The van der Waals surface area contributed by atoms with Gasteiger partial charge in [0.15, 0.2) is 0 Å². The zero-order valence-electron chi connectivity index (χ0n) is 12.8. The molecule has 0 bridgehead atoms. The van der Waals surface area contributed by atoms with Crippen LogP contribution in [0.15, 0.2) is 42.6 Å². The molecule has 0 aliphatic carbocycles. The Hall–Kier alpha value is -2.89. The smallest absolute Gasteiger partial charge is 0.315 e. The first-order valence-corrected chi connectivity index (χ1v) is 6.78. The van der Waals surface area contributed by atoms with Gasteiger partial charge in [-0.25, -0.2) is 4.98 Å². The Kier molecular flexibility index (Phi) is 4.73. The number of nitrogens with zero attached hydrogens (tertiary/aromatic N) is 2. The fraction of sp³-hybridized carbons (Fsp3) is 0.188. The third-order valence-electron chi connectivity index (χ3n) is 2.98. The van der Waals surface area contributed by atoms with E-state index in [9.17, 15) is 9.59 Å². The lowest BCUT2D eigenvalue weighted by Crippen LogP contribution is -2.29. The maximum Gasteiger partial charge on any atom is 0.315 e. The van der Waals surface area contributed by atoms with E-state index < -0.39 is 11.8 Å². The van der Waals surface area contributed by atoms with E-state index in [1.165, 1.54) is 0 Å². The largest absolute Gasteiger partial charge is 0.378 e. The van der Waals surface area contributed by atoms with Crippen molar-refractivity contribution in [1.82, 2.24) is 4.98 Å². The second-order valence-electron chi connectivity index (χ2n) is 5.07. The first-order valence-electron chi connectivity index (χ1n) is 6.78. The van der Waals surface area contributed by atoms with Crippen LogP contribution in [0.3, 0.4) is 0 Å². The summed E-state index contributed by atoms with van der Waals surface area (Å²) in [5, 5.41) is 5.02. The Morgan fingerprint density at radius 2 is 1.77 bits per heavy atom. The molecule has 0 spiro atoms. The monoisotopic (exact) mass is 298 g/mol. The number of nitrogens with one attached hydrogen (secondary N) is 2. The summed E-state index contributed by atoms with van der Waals surface area (Å²) in [4.78, 5) is 29.7. The Labute approximate surface area is 129 Å².